The van der Waals surface area contributed by atoms with Crippen molar-refractivity contribution in [2.24, 2.45) is 5.73 Å². The number of ether oxygens (including phenoxy) is 1. The van der Waals surface area contributed by atoms with Crippen molar-refractivity contribution in [2.75, 3.05) is 6.54 Å². The summed E-state index contributed by atoms with van der Waals surface area (Å²) in [5, 5.41) is 0. The molecule has 4 rings (SSSR count). The summed E-state index contributed by atoms with van der Waals surface area (Å²) in [7, 11) is 0. The van der Waals surface area contributed by atoms with Crippen molar-refractivity contribution in [2.45, 2.75) is 25.9 Å². The van der Waals surface area contributed by atoms with Crippen LogP contribution in [0.3, 0.4) is 0 Å². The lowest BCUT2D eigenvalue weighted by atomic mass is 9.95. The van der Waals surface area contributed by atoms with Crippen molar-refractivity contribution in [3.63, 3.8) is 0 Å². The molecule has 1 unspecified atom stereocenters. The predicted molar refractivity (Wildman–Crippen MR) is 103 cm³/mol. The highest BCUT2D eigenvalue weighted by atomic mass is 16.5. The molecule has 0 aliphatic heterocycles. The molecule has 2 N–H and O–H groups in total. The lowest BCUT2D eigenvalue weighted by molar-refractivity contribution is 0.306. The second-order valence-electron chi connectivity index (χ2n) is 6.59. The van der Waals surface area contributed by atoms with E-state index in [4.69, 9.17) is 10.5 Å². The van der Waals surface area contributed by atoms with Crippen LogP contribution in [0.5, 0.6) is 5.75 Å². The molecule has 0 bridgehead atoms. The van der Waals surface area contributed by atoms with Crippen molar-refractivity contribution in [1.82, 2.24) is 0 Å². The van der Waals surface area contributed by atoms with E-state index in [2.05, 4.69) is 55.5 Å². The fourth-order valence-corrected chi connectivity index (χ4v) is 3.69. The minimum atomic E-state index is 0.261. The van der Waals surface area contributed by atoms with E-state index in [1.807, 2.05) is 18.2 Å². The Labute approximate surface area is 149 Å². The number of hydrogen-bond donors (Lipinski definition) is 1. The molecule has 3 aromatic carbocycles. The highest BCUT2D eigenvalue weighted by Crippen LogP contribution is 2.46. The molecule has 2 nitrogen and oxygen atoms in total. The first-order valence-corrected chi connectivity index (χ1v) is 8.94. The molecule has 0 heterocycles. The molecular formula is C23H23NO. The Morgan fingerprint density at radius 3 is 2.28 bits per heavy atom. The highest BCUT2D eigenvalue weighted by Gasteiger charge is 2.28. The number of benzene rings is 3. The van der Waals surface area contributed by atoms with Gasteiger partial charge in [0.2, 0.25) is 0 Å². The van der Waals surface area contributed by atoms with Crippen molar-refractivity contribution in [3.05, 3.63) is 89.0 Å². The molecule has 1 aliphatic carbocycles. The quantitative estimate of drug-likeness (QED) is 0.722. The van der Waals surface area contributed by atoms with Crippen LogP contribution in [-0.2, 0) is 13.0 Å². The van der Waals surface area contributed by atoms with Gasteiger partial charge in [-0.15, -0.1) is 0 Å². The Bertz CT molecular complexity index is 886. The minimum Gasteiger partial charge on any atom is -0.489 e. The predicted octanol–water partition coefficient (Wildman–Crippen LogP) is 4.90. The number of rotatable bonds is 5. The van der Waals surface area contributed by atoms with Gasteiger partial charge in [0.1, 0.15) is 12.4 Å². The topological polar surface area (TPSA) is 35.2 Å². The smallest absolute Gasteiger partial charge is 0.120 e. The molecule has 25 heavy (non-hydrogen) atoms. The van der Waals surface area contributed by atoms with Crippen LogP contribution in [0.2, 0.25) is 0 Å². The summed E-state index contributed by atoms with van der Waals surface area (Å²) in [5.74, 6) is 1.17. The number of hydrogen-bond acceptors (Lipinski definition) is 2. The summed E-state index contributed by atoms with van der Waals surface area (Å²) in [6.07, 6.45) is 1.05. The normalized spacial score (nSPS) is 14.9. The first-order chi connectivity index (χ1) is 12.3. The van der Waals surface area contributed by atoms with Crippen LogP contribution >= 0.6 is 0 Å². The van der Waals surface area contributed by atoms with Gasteiger partial charge in [-0.2, -0.15) is 0 Å². The standard InChI is InChI=1S/C23H23NO/c1-2-16-8-10-19-20-11-9-18(25-15-17-6-4-3-5-7-17)13-22(20)23(14-24)21(19)12-16/h3-13,23H,2,14-15,24H2,1H3. The second kappa shape index (κ2) is 6.73. The second-order valence-corrected chi connectivity index (χ2v) is 6.59. The van der Waals surface area contributed by atoms with Gasteiger partial charge in [0.05, 0.1) is 0 Å². The van der Waals surface area contributed by atoms with Crippen molar-refractivity contribution < 1.29 is 4.74 Å². The molecule has 126 valence electrons. The lowest BCUT2D eigenvalue weighted by Crippen LogP contribution is -2.11. The molecule has 3 aromatic rings. The maximum atomic E-state index is 6.13. The SMILES string of the molecule is CCc1ccc2c(c1)C(CN)c1cc(OCc3ccccc3)ccc1-2. The van der Waals surface area contributed by atoms with Gasteiger partial charge in [-0.1, -0.05) is 61.5 Å². The molecular weight excluding hydrogens is 306 g/mol. The summed E-state index contributed by atoms with van der Waals surface area (Å²) in [5.41, 5.74) is 13.9. The third-order valence-electron chi connectivity index (χ3n) is 5.07. The van der Waals surface area contributed by atoms with Gasteiger partial charge in [-0.25, -0.2) is 0 Å². The molecule has 0 fully saturated rings. The van der Waals surface area contributed by atoms with E-state index in [1.54, 1.807) is 0 Å². The Morgan fingerprint density at radius 2 is 1.56 bits per heavy atom. The molecule has 0 saturated carbocycles. The van der Waals surface area contributed by atoms with Crippen molar-refractivity contribution >= 4 is 0 Å². The Morgan fingerprint density at radius 1 is 0.840 bits per heavy atom. The fraction of sp³-hybridized carbons (Fsp3) is 0.217. The molecule has 0 radical (unpaired) electrons. The first kappa shape index (κ1) is 15.9. The molecule has 0 amide bonds. The maximum absolute atomic E-state index is 6.13. The summed E-state index contributed by atoms with van der Waals surface area (Å²) in [4.78, 5) is 0. The van der Waals surface area contributed by atoms with E-state index in [0.717, 1.165) is 12.2 Å². The molecule has 0 saturated heterocycles. The fourth-order valence-electron chi connectivity index (χ4n) is 3.69. The van der Waals surface area contributed by atoms with Crippen LogP contribution in [0.25, 0.3) is 11.1 Å². The van der Waals surface area contributed by atoms with E-state index in [9.17, 15) is 0 Å². The van der Waals surface area contributed by atoms with Crippen LogP contribution in [0.1, 0.15) is 35.1 Å². The molecule has 0 spiro atoms. The van der Waals surface area contributed by atoms with Gasteiger partial charge in [-0.05, 0) is 51.9 Å². The van der Waals surface area contributed by atoms with E-state index in [1.165, 1.54) is 33.4 Å². The maximum Gasteiger partial charge on any atom is 0.120 e. The van der Waals surface area contributed by atoms with E-state index < -0.39 is 0 Å². The van der Waals surface area contributed by atoms with Crippen molar-refractivity contribution in [3.8, 4) is 16.9 Å². The number of nitrogens with two attached hydrogens (primary N) is 1. The van der Waals surface area contributed by atoms with Crippen molar-refractivity contribution in [1.29, 1.82) is 0 Å². The summed E-state index contributed by atoms with van der Waals surface area (Å²) in [6.45, 7) is 3.39. The van der Waals surface area contributed by atoms with Gasteiger partial charge in [-0.3, -0.25) is 0 Å². The zero-order chi connectivity index (χ0) is 17.2. The van der Waals surface area contributed by atoms with Gasteiger partial charge in [0, 0.05) is 12.5 Å². The Hall–Kier alpha value is -2.58. The monoisotopic (exact) mass is 329 g/mol. The lowest BCUT2D eigenvalue weighted by Gasteiger charge is -2.13. The third-order valence-corrected chi connectivity index (χ3v) is 5.07. The van der Waals surface area contributed by atoms with E-state index >= 15 is 0 Å². The highest BCUT2D eigenvalue weighted by molar-refractivity contribution is 5.80. The first-order valence-electron chi connectivity index (χ1n) is 8.94. The average molecular weight is 329 g/mol. The largest absolute Gasteiger partial charge is 0.489 e. The van der Waals surface area contributed by atoms with Crippen LogP contribution in [0.4, 0.5) is 0 Å². The minimum absolute atomic E-state index is 0.261. The van der Waals surface area contributed by atoms with E-state index in [-0.39, 0.29) is 5.92 Å². The number of aryl methyl sites for hydroxylation is 1. The van der Waals surface area contributed by atoms with Gasteiger partial charge >= 0.3 is 0 Å². The van der Waals surface area contributed by atoms with Crippen LogP contribution < -0.4 is 10.5 Å². The zero-order valence-electron chi connectivity index (χ0n) is 14.5. The molecule has 1 aliphatic rings. The summed E-state index contributed by atoms with van der Waals surface area (Å²) >= 11 is 0. The third kappa shape index (κ3) is 2.94. The Kier molecular flexibility index (Phi) is 4.29. The van der Waals surface area contributed by atoms with Crippen LogP contribution in [-0.4, -0.2) is 6.54 Å². The van der Waals surface area contributed by atoms with Gasteiger partial charge in [0.25, 0.3) is 0 Å². The van der Waals surface area contributed by atoms with E-state index in [0.29, 0.717) is 13.2 Å². The summed E-state index contributed by atoms with van der Waals surface area (Å²) in [6, 6.07) is 23.5. The Balaban J connectivity index is 1.64. The van der Waals surface area contributed by atoms with Gasteiger partial charge in [0.15, 0.2) is 0 Å². The number of fused-ring (bicyclic) bond motifs is 3. The van der Waals surface area contributed by atoms with Crippen LogP contribution in [0.15, 0.2) is 66.7 Å². The summed E-state index contributed by atoms with van der Waals surface area (Å²) < 4.78 is 6.01. The average Bonchev–Trinajstić information content (AvgIpc) is 2.99. The molecule has 2 heteroatoms. The van der Waals surface area contributed by atoms with Crippen LogP contribution in [0, 0.1) is 0 Å². The van der Waals surface area contributed by atoms with Gasteiger partial charge < -0.3 is 10.5 Å². The zero-order valence-corrected chi connectivity index (χ0v) is 14.5. The molecule has 1 atom stereocenters. The molecule has 0 aromatic heterocycles.